The Morgan fingerprint density at radius 3 is 3.00 bits per heavy atom. The van der Waals surface area contributed by atoms with Crippen LogP contribution in [0.1, 0.15) is 30.2 Å². The van der Waals surface area contributed by atoms with Crippen molar-refractivity contribution in [1.82, 2.24) is 0 Å². The van der Waals surface area contributed by atoms with E-state index in [-0.39, 0.29) is 12.1 Å². The summed E-state index contributed by atoms with van der Waals surface area (Å²) in [4.78, 5) is 1.21. The largest absolute Gasteiger partial charge is 0.376 e. The van der Waals surface area contributed by atoms with Gasteiger partial charge in [0, 0.05) is 16.0 Å². The molecule has 2 unspecified atom stereocenters. The molecule has 0 aliphatic carbocycles. The standard InChI is InChI=1S/C10H14BrNOS/c11-7-4-6-14-10(7)9(12)8-3-1-2-5-13-8/h4,6,8-9H,1-3,5,12H2. The van der Waals surface area contributed by atoms with Crippen LogP contribution in [0.4, 0.5) is 0 Å². The highest BCUT2D eigenvalue weighted by molar-refractivity contribution is 9.10. The third kappa shape index (κ3) is 2.19. The Labute approximate surface area is 96.6 Å². The third-order valence-corrected chi connectivity index (χ3v) is 4.54. The Balaban J connectivity index is 2.07. The lowest BCUT2D eigenvalue weighted by molar-refractivity contribution is 0.000554. The lowest BCUT2D eigenvalue weighted by atomic mass is 10.0. The van der Waals surface area contributed by atoms with Gasteiger partial charge in [-0.15, -0.1) is 11.3 Å². The number of halogens is 1. The van der Waals surface area contributed by atoms with Crippen LogP contribution >= 0.6 is 27.3 Å². The molecule has 2 heterocycles. The summed E-state index contributed by atoms with van der Waals surface area (Å²) in [6.45, 7) is 0.862. The molecule has 1 aromatic heterocycles. The predicted octanol–water partition coefficient (Wildman–Crippen LogP) is 3.08. The molecule has 0 bridgehead atoms. The Bertz CT molecular complexity index is 296. The molecular weight excluding hydrogens is 262 g/mol. The van der Waals surface area contributed by atoms with Gasteiger partial charge in [0.15, 0.2) is 0 Å². The Morgan fingerprint density at radius 2 is 2.43 bits per heavy atom. The SMILES string of the molecule is NC(c1sccc1Br)C1CCCCO1. The molecule has 2 N–H and O–H groups in total. The summed E-state index contributed by atoms with van der Waals surface area (Å²) >= 11 is 5.21. The molecule has 1 aliphatic rings. The molecule has 2 atom stereocenters. The maximum atomic E-state index is 6.17. The number of thiophene rings is 1. The molecular formula is C10H14BrNOS. The van der Waals surface area contributed by atoms with E-state index < -0.39 is 0 Å². The van der Waals surface area contributed by atoms with Gasteiger partial charge >= 0.3 is 0 Å². The summed E-state index contributed by atoms with van der Waals surface area (Å²) < 4.78 is 6.79. The summed E-state index contributed by atoms with van der Waals surface area (Å²) in [6.07, 6.45) is 3.71. The minimum Gasteiger partial charge on any atom is -0.376 e. The third-order valence-electron chi connectivity index (χ3n) is 2.56. The van der Waals surface area contributed by atoms with Crippen molar-refractivity contribution in [2.45, 2.75) is 31.4 Å². The fourth-order valence-corrected chi connectivity index (χ4v) is 3.45. The molecule has 4 heteroatoms. The van der Waals surface area contributed by atoms with Gasteiger partial charge in [-0.25, -0.2) is 0 Å². The minimum absolute atomic E-state index is 0.0321. The number of nitrogens with two attached hydrogens (primary N) is 1. The number of hydrogen-bond acceptors (Lipinski definition) is 3. The highest BCUT2D eigenvalue weighted by Gasteiger charge is 2.24. The summed E-state index contributed by atoms with van der Waals surface area (Å²) in [5.41, 5.74) is 6.17. The highest BCUT2D eigenvalue weighted by Crippen LogP contribution is 2.33. The van der Waals surface area contributed by atoms with Crippen LogP contribution in [-0.2, 0) is 4.74 Å². The van der Waals surface area contributed by atoms with Gasteiger partial charge in [-0.05, 0) is 46.6 Å². The monoisotopic (exact) mass is 275 g/mol. The minimum atomic E-state index is 0.0321. The maximum absolute atomic E-state index is 6.17. The summed E-state index contributed by atoms with van der Waals surface area (Å²) in [7, 11) is 0. The van der Waals surface area contributed by atoms with Crippen molar-refractivity contribution in [3.05, 3.63) is 20.8 Å². The predicted molar refractivity (Wildman–Crippen MR) is 62.5 cm³/mol. The van der Waals surface area contributed by atoms with E-state index in [1.165, 1.54) is 17.7 Å². The van der Waals surface area contributed by atoms with Crippen LogP contribution in [0.2, 0.25) is 0 Å². The molecule has 1 saturated heterocycles. The van der Waals surface area contributed by atoms with E-state index >= 15 is 0 Å². The average molecular weight is 276 g/mol. The van der Waals surface area contributed by atoms with Crippen molar-refractivity contribution in [3.63, 3.8) is 0 Å². The van der Waals surface area contributed by atoms with Gasteiger partial charge in [0.1, 0.15) is 0 Å². The van der Waals surface area contributed by atoms with Gasteiger partial charge in [0.2, 0.25) is 0 Å². The summed E-state index contributed by atoms with van der Waals surface area (Å²) in [5, 5.41) is 2.06. The first-order valence-electron chi connectivity index (χ1n) is 4.89. The van der Waals surface area contributed by atoms with Gasteiger partial charge in [-0.3, -0.25) is 0 Å². The zero-order valence-corrected chi connectivity index (χ0v) is 10.3. The maximum Gasteiger partial charge on any atom is 0.0776 e. The lowest BCUT2D eigenvalue weighted by Gasteiger charge is -2.27. The fourth-order valence-electron chi connectivity index (χ4n) is 1.76. The molecule has 2 nitrogen and oxygen atoms in total. The van der Waals surface area contributed by atoms with Gasteiger partial charge in [-0.2, -0.15) is 0 Å². The van der Waals surface area contributed by atoms with E-state index in [2.05, 4.69) is 21.3 Å². The van der Waals surface area contributed by atoms with E-state index in [4.69, 9.17) is 10.5 Å². The fraction of sp³-hybridized carbons (Fsp3) is 0.600. The van der Waals surface area contributed by atoms with Crippen LogP contribution in [0, 0.1) is 0 Å². The van der Waals surface area contributed by atoms with Crippen LogP contribution in [0.3, 0.4) is 0 Å². The molecule has 1 aromatic rings. The van der Waals surface area contributed by atoms with Crippen molar-refractivity contribution in [3.8, 4) is 0 Å². The molecule has 1 fully saturated rings. The van der Waals surface area contributed by atoms with Crippen LogP contribution in [-0.4, -0.2) is 12.7 Å². The summed E-state index contributed by atoms with van der Waals surface area (Å²) in [5.74, 6) is 0. The number of rotatable bonds is 2. The number of hydrogen-bond donors (Lipinski definition) is 1. The Kier molecular flexibility index (Phi) is 3.60. The Morgan fingerprint density at radius 1 is 1.57 bits per heavy atom. The Hall–Kier alpha value is 0.1000. The zero-order valence-electron chi connectivity index (χ0n) is 7.91. The molecule has 1 aliphatic heterocycles. The first-order chi connectivity index (χ1) is 6.79. The first-order valence-corrected chi connectivity index (χ1v) is 6.56. The molecule has 14 heavy (non-hydrogen) atoms. The molecule has 2 rings (SSSR count). The van der Waals surface area contributed by atoms with E-state index in [1.807, 2.05) is 6.07 Å². The van der Waals surface area contributed by atoms with E-state index in [9.17, 15) is 0 Å². The van der Waals surface area contributed by atoms with Crippen molar-refractivity contribution < 1.29 is 4.74 Å². The van der Waals surface area contributed by atoms with Crippen molar-refractivity contribution in [1.29, 1.82) is 0 Å². The van der Waals surface area contributed by atoms with Gasteiger partial charge in [-0.1, -0.05) is 0 Å². The van der Waals surface area contributed by atoms with Gasteiger partial charge in [0.25, 0.3) is 0 Å². The molecule has 78 valence electrons. The summed E-state index contributed by atoms with van der Waals surface area (Å²) in [6, 6.07) is 2.08. The second-order valence-electron chi connectivity index (χ2n) is 3.56. The van der Waals surface area contributed by atoms with Crippen LogP contribution in [0.25, 0.3) is 0 Å². The number of ether oxygens (including phenoxy) is 1. The second-order valence-corrected chi connectivity index (χ2v) is 5.37. The topological polar surface area (TPSA) is 35.2 Å². The molecule has 0 saturated carbocycles. The van der Waals surface area contributed by atoms with Crippen LogP contribution in [0.15, 0.2) is 15.9 Å². The normalized spacial score (nSPS) is 24.9. The van der Waals surface area contributed by atoms with E-state index in [0.29, 0.717) is 0 Å². The highest BCUT2D eigenvalue weighted by atomic mass is 79.9. The first kappa shape index (κ1) is 10.6. The van der Waals surface area contributed by atoms with Crippen molar-refractivity contribution >= 4 is 27.3 Å². The smallest absolute Gasteiger partial charge is 0.0776 e. The molecule has 0 aromatic carbocycles. The second kappa shape index (κ2) is 4.75. The molecule has 0 spiro atoms. The van der Waals surface area contributed by atoms with E-state index in [0.717, 1.165) is 17.5 Å². The van der Waals surface area contributed by atoms with Crippen LogP contribution in [0.5, 0.6) is 0 Å². The lowest BCUT2D eigenvalue weighted by Crippen LogP contribution is -2.31. The van der Waals surface area contributed by atoms with Crippen LogP contribution < -0.4 is 5.73 Å². The zero-order chi connectivity index (χ0) is 9.97. The molecule has 0 radical (unpaired) electrons. The van der Waals surface area contributed by atoms with Gasteiger partial charge in [0.05, 0.1) is 12.1 Å². The van der Waals surface area contributed by atoms with Crippen molar-refractivity contribution in [2.75, 3.05) is 6.61 Å². The average Bonchev–Trinajstić information content (AvgIpc) is 2.65. The quantitative estimate of drug-likeness (QED) is 0.901. The van der Waals surface area contributed by atoms with E-state index in [1.54, 1.807) is 11.3 Å². The van der Waals surface area contributed by atoms with Gasteiger partial charge < -0.3 is 10.5 Å². The van der Waals surface area contributed by atoms with Crippen molar-refractivity contribution in [2.24, 2.45) is 5.73 Å². The molecule has 0 amide bonds.